The number of hydrogen-bond acceptors (Lipinski definition) is 8. The molecule has 0 radical (unpaired) electrons. The number of fused-ring (bicyclic) bond motifs is 1. The lowest BCUT2D eigenvalue weighted by Gasteiger charge is -2.27. The molecule has 43 heavy (non-hydrogen) atoms. The summed E-state index contributed by atoms with van der Waals surface area (Å²) in [4.78, 5) is 26.4. The summed E-state index contributed by atoms with van der Waals surface area (Å²) in [5.74, 6) is 0.340. The van der Waals surface area contributed by atoms with Crippen LogP contribution in [-0.4, -0.2) is 66.8 Å². The number of rotatable bonds is 7. The van der Waals surface area contributed by atoms with Crippen molar-refractivity contribution in [3.05, 3.63) is 68.3 Å². The van der Waals surface area contributed by atoms with Crippen LogP contribution in [0.4, 0.5) is 11.5 Å². The van der Waals surface area contributed by atoms with Gasteiger partial charge >= 0.3 is 5.97 Å². The second-order valence-electron chi connectivity index (χ2n) is 10.8. The minimum atomic E-state index is -4.30. The number of carbonyl (C=O) groups excluding carboxylic acids is 2. The minimum Gasteiger partial charge on any atom is -0.459 e. The molecule has 0 bridgehead atoms. The molecule has 1 N–H and O–H groups in total. The molecule has 1 aliphatic rings. The van der Waals surface area contributed by atoms with Gasteiger partial charge in [0, 0.05) is 38.3 Å². The first kappa shape index (κ1) is 31.3. The molecule has 1 aliphatic heterocycles. The van der Waals surface area contributed by atoms with Crippen LogP contribution in [0.3, 0.4) is 0 Å². The number of esters is 1. The van der Waals surface area contributed by atoms with Gasteiger partial charge in [-0.25, -0.2) is 8.42 Å². The molecule has 2 aromatic heterocycles. The number of aromatic nitrogens is 3. The summed E-state index contributed by atoms with van der Waals surface area (Å²) in [7, 11) is -4.30. The van der Waals surface area contributed by atoms with Crippen LogP contribution < -0.4 is 14.5 Å². The van der Waals surface area contributed by atoms with Crippen molar-refractivity contribution >= 4 is 90.1 Å². The van der Waals surface area contributed by atoms with E-state index in [2.05, 4.69) is 38.1 Å². The van der Waals surface area contributed by atoms with E-state index in [1.54, 1.807) is 51.1 Å². The maximum Gasteiger partial charge on any atom is 0.327 e. The Morgan fingerprint density at radius 3 is 2.37 bits per heavy atom. The third-order valence-corrected chi connectivity index (χ3v) is 9.44. The lowest BCUT2D eigenvalue weighted by Crippen LogP contribution is -2.48. The first-order valence-corrected chi connectivity index (χ1v) is 16.4. The van der Waals surface area contributed by atoms with Gasteiger partial charge in [0.1, 0.15) is 12.1 Å². The van der Waals surface area contributed by atoms with E-state index in [9.17, 15) is 18.0 Å². The summed E-state index contributed by atoms with van der Waals surface area (Å²) in [5, 5.41) is 12.5. The van der Waals surface area contributed by atoms with Gasteiger partial charge in [-0.15, -0.1) is 10.2 Å². The maximum atomic E-state index is 13.9. The van der Waals surface area contributed by atoms with Gasteiger partial charge in [-0.2, -0.15) is 0 Å². The monoisotopic (exact) mass is 756 g/mol. The van der Waals surface area contributed by atoms with Crippen LogP contribution in [0.1, 0.15) is 20.8 Å². The number of anilines is 2. The zero-order valence-corrected chi connectivity index (χ0v) is 27.8. The number of amides is 1. The molecule has 0 aliphatic carbocycles. The van der Waals surface area contributed by atoms with Crippen LogP contribution in [0, 0.1) is 3.57 Å². The number of sulfonamides is 1. The standard InChI is InChI=1S/C28H27Cl2IN6O5S/c1-28(2,3)42-27(39)16-37(43(40,41)20-11-17(29)10-18(30)12-20)19-4-5-23-21(13-19)22(31)14-36(23)25-7-6-24(33-34-25)35-9-8-32-26(38)15-35/h4-7,10-14H,8-9,15-16H2,1-3H3,(H,32,38). The molecule has 2 aromatic carbocycles. The summed E-state index contributed by atoms with van der Waals surface area (Å²) in [6, 6.07) is 12.6. The first-order valence-electron chi connectivity index (χ1n) is 13.1. The van der Waals surface area contributed by atoms with Gasteiger partial charge in [0.15, 0.2) is 11.6 Å². The van der Waals surface area contributed by atoms with Gasteiger partial charge in [-0.3, -0.25) is 18.5 Å². The number of halogens is 3. The van der Waals surface area contributed by atoms with Crippen molar-refractivity contribution in [1.82, 2.24) is 20.1 Å². The Bertz CT molecular complexity index is 1810. The van der Waals surface area contributed by atoms with Gasteiger partial charge in [0.2, 0.25) is 5.91 Å². The molecule has 226 valence electrons. The van der Waals surface area contributed by atoms with Crippen molar-refractivity contribution in [2.75, 3.05) is 35.4 Å². The largest absolute Gasteiger partial charge is 0.459 e. The van der Waals surface area contributed by atoms with E-state index < -0.39 is 28.1 Å². The molecule has 4 aromatic rings. The van der Waals surface area contributed by atoms with Crippen molar-refractivity contribution in [3.8, 4) is 5.82 Å². The number of ether oxygens (including phenoxy) is 1. The normalized spacial score (nSPS) is 14.1. The second-order valence-corrected chi connectivity index (χ2v) is 14.7. The van der Waals surface area contributed by atoms with Gasteiger partial charge in [-0.1, -0.05) is 23.2 Å². The number of nitrogens with one attached hydrogen (secondary N) is 1. The molecular formula is C28H27Cl2IN6O5S. The predicted molar refractivity (Wildman–Crippen MR) is 174 cm³/mol. The highest BCUT2D eigenvalue weighted by Crippen LogP contribution is 2.33. The fourth-order valence-corrected chi connectivity index (χ4v) is 7.42. The van der Waals surface area contributed by atoms with Crippen molar-refractivity contribution < 1.29 is 22.7 Å². The molecule has 1 fully saturated rings. The quantitative estimate of drug-likeness (QED) is 0.211. The smallest absolute Gasteiger partial charge is 0.327 e. The zero-order valence-electron chi connectivity index (χ0n) is 23.3. The lowest BCUT2D eigenvalue weighted by molar-refractivity contribution is -0.152. The topological polar surface area (TPSA) is 127 Å². The maximum absolute atomic E-state index is 13.9. The van der Waals surface area contributed by atoms with Gasteiger partial charge in [0.25, 0.3) is 10.0 Å². The minimum absolute atomic E-state index is 0.0694. The molecular weight excluding hydrogens is 730 g/mol. The fraction of sp³-hybridized carbons (Fsp3) is 0.286. The summed E-state index contributed by atoms with van der Waals surface area (Å²) in [5.41, 5.74) is 0.169. The van der Waals surface area contributed by atoms with E-state index >= 15 is 0 Å². The summed E-state index contributed by atoms with van der Waals surface area (Å²) in [6.45, 7) is 5.93. The van der Waals surface area contributed by atoms with Crippen LogP contribution in [0.5, 0.6) is 0 Å². The van der Waals surface area contributed by atoms with Gasteiger partial charge in [0.05, 0.1) is 22.6 Å². The Hall–Kier alpha value is -3.14. The first-order chi connectivity index (χ1) is 20.2. The van der Waals surface area contributed by atoms with Crippen molar-refractivity contribution in [3.63, 3.8) is 0 Å². The number of hydrogen-bond donors (Lipinski definition) is 1. The molecule has 0 saturated carbocycles. The summed E-state index contributed by atoms with van der Waals surface area (Å²) < 4.78 is 36.9. The number of benzene rings is 2. The Morgan fingerprint density at radius 2 is 1.74 bits per heavy atom. The average molecular weight is 757 g/mol. The van der Waals surface area contributed by atoms with Crippen LogP contribution >= 0.6 is 45.8 Å². The van der Waals surface area contributed by atoms with Crippen LogP contribution in [-0.2, 0) is 24.3 Å². The number of nitrogens with zero attached hydrogens (tertiary/aromatic N) is 5. The SMILES string of the molecule is CC(C)(C)OC(=O)CN(c1ccc2c(c1)c(I)cn2-c1ccc(N2CCNC(=O)C2)nn1)S(=O)(=O)c1cc(Cl)cc(Cl)c1. The third-order valence-electron chi connectivity index (χ3n) is 6.39. The number of piperazine rings is 1. The lowest BCUT2D eigenvalue weighted by atomic mass is 10.2. The van der Waals surface area contributed by atoms with E-state index in [0.717, 1.165) is 18.8 Å². The molecule has 3 heterocycles. The van der Waals surface area contributed by atoms with Crippen molar-refractivity contribution in [2.45, 2.75) is 31.3 Å². The Morgan fingerprint density at radius 1 is 1.07 bits per heavy atom. The van der Waals surface area contributed by atoms with Gasteiger partial charge < -0.3 is 15.0 Å². The Kier molecular flexibility index (Phi) is 8.80. The molecule has 0 spiro atoms. The number of carbonyl (C=O) groups is 2. The van der Waals surface area contributed by atoms with Crippen LogP contribution in [0.2, 0.25) is 10.0 Å². The van der Waals surface area contributed by atoms with Gasteiger partial charge in [-0.05, 0) is 91.9 Å². The highest BCUT2D eigenvalue weighted by Gasteiger charge is 2.30. The van der Waals surface area contributed by atoms with E-state index in [1.807, 2.05) is 15.7 Å². The Labute approximate surface area is 272 Å². The average Bonchev–Trinajstić information content (AvgIpc) is 3.26. The van der Waals surface area contributed by atoms with Crippen LogP contribution in [0.15, 0.2) is 59.6 Å². The molecule has 5 rings (SSSR count). The van der Waals surface area contributed by atoms with Crippen LogP contribution in [0.25, 0.3) is 16.7 Å². The highest BCUT2D eigenvalue weighted by atomic mass is 127. The highest BCUT2D eigenvalue weighted by molar-refractivity contribution is 14.1. The second kappa shape index (κ2) is 12.1. The van der Waals surface area contributed by atoms with E-state index in [1.165, 1.54) is 18.2 Å². The molecule has 1 amide bonds. The summed E-state index contributed by atoms with van der Waals surface area (Å²) in [6.07, 6.45) is 1.86. The fourth-order valence-electron chi connectivity index (χ4n) is 4.58. The molecule has 0 atom stereocenters. The van der Waals surface area contributed by atoms with E-state index in [-0.39, 0.29) is 33.1 Å². The third kappa shape index (κ3) is 7.00. The van der Waals surface area contributed by atoms with E-state index in [4.69, 9.17) is 27.9 Å². The van der Waals surface area contributed by atoms with Crippen molar-refractivity contribution in [2.24, 2.45) is 0 Å². The van der Waals surface area contributed by atoms with Crippen molar-refractivity contribution in [1.29, 1.82) is 0 Å². The summed E-state index contributed by atoms with van der Waals surface area (Å²) >= 11 is 14.4. The molecule has 0 unspecified atom stereocenters. The molecule has 11 nitrogen and oxygen atoms in total. The molecule has 1 saturated heterocycles. The van der Waals surface area contributed by atoms with E-state index in [0.29, 0.717) is 24.7 Å². The zero-order chi connectivity index (χ0) is 31.1. The Balaban J connectivity index is 1.53. The predicted octanol–water partition coefficient (Wildman–Crippen LogP) is 4.81. The molecule has 15 heteroatoms.